The van der Waals surface area contributed by atoms with Crippen LogP contribution in [0.4, 0.5) is 0 Å². The van der Waals surface area contributed by atoms with Gasteiger partial charge in [0.15, 0.2) is 11.9 Å². The largest absolute Gasteiger partial charge is 0.508 e. The number of fused-ring (bicyclic) bond motifs is 1. The normalized spacial score (nSPS) is 22.2. The number of para-hydroxylation sites is 1. The second-order valence-corrected chi connectivity index (χ2v) is 37.8. The van der Waals surface area contributed by atoms with Gasteiger partial charge in [0, 0.05) is 119 Å². The van der Waals surface area contributed by atoms with Crippen molar-refractivity contribution in [3.05, 3.63) is 210 Å². The number of guanidine groups is 2. The van der Waals surface area contributed by atoms with Gasteiger partial charge in [0.1, 0.15) is 89.8 Å². The van der Waals surface area contributed by atoms with Crippen LogP contribution in [0.5, 0.6) is 5.75 Å². The standard InChI is InChI=1S/C100H136N28O18S/c1-8-57(2)82-95(144)116-70(33-22-40-109-98(103)104)86(135)114-69(32-20-21-39-101)85(134)115-71(34-23-41-110-99(105)106)94(143)126-100(4,5)97(146)123-75(44-61-28-16-11-17-29-61)90(139)120-77(47-64-50-107-55-127(64)6)92(141)118-74(45-62-35-37-66(130)38-36-62)88(137)119-76(46-63-49-111-68-31-19-18-30-67(63)68)91(140)117-73(43-60-26-14-10-15-27-60)89(138)122-79(84(133)112-52-80(102)131)53-147-54-81(132)113-72(42-59-24-12-9-13-25-59)87(136)121-78(48-65-51-108-56-128(65)7)93(142)125-83(58(3)129)96(145)124-82/h9-19,24-31,35-38,49-51,55-58,69-79,82-83,111,129-130H,8,20-23,32-34,39-48,52-54,101H2,1-7H3,(H2,102,131)(H,112,133)(H,113,132)(H,114,135)(H,115,134)(H,116,144)(H,117,140)(H,118,141)(H,119,137)(H,120,139)(H,121,136)(H,122,138)(H,123,146)(H,124,145)(H,125,142)(H,126,143)(H4,103,104,109)(H4,105,106,110)/t57-,58+,69-,70-,71-,72-,73-,74-,75-,76-,77-,78-,79-,82-,83-/m0/s1. The van der Waals surface area contributed by atoms with Crippen LogP contribution in [0, 0.1) is 16.7 Å². The van der Waals surface area contributed by atoms with Crippen LogP contribution < -0.4 is 113 Å². The number of thioether (sulfide) groups is 1. The van der Waals surface area contributed by atoms with Crippen molar-refractivity contribution in [2.24, 2.45) is 42.9 Å². The smallest absolute Gasteiger partial charge is 0.245 e. The summed E-state index contributed by atoms with van der Waals surface area (Å²) in [5.74, 6) is -18.6. The molecule has 47 heteroatoms. The van der Waals surface area contributed by atoms with Crippen molar-refractivity contribution < 1.29 is 86.9 Å². The number of phenols is 1. The maximum atomic E-state index is 15.8. The molecule has 1 saturated heterocycles. The predicted molar refractivity (Wildman–Crippen MR) is 547 cm³/mol. The lowest BCUT2D eigenvalue weighted by molar-refractivity contribution is -0.138. The number of H-pyrrole nitrogens is 1. The Labute approximate surface area is 854 Å². The van der Waals surface area contributed by atoms with E-state index >= 15 is 57.5 Å². The molecule has 3 aromatic heterocycles. The maximum absolute atomic E-state index is 15.8. The van der Waals surface area contributed by atoms with Crippen LogP contribution in [-0.2, 0) is 136 Å². The highest BCUT2D eigenvalue weighted by molar-refractivity contribution is 8.00. The Balaban J connectivity index is 1.15. The summed E-state index contributed by atoms with van der Waals surface area (Å²) in [5, 5.41) is 84.3. The lowest BCUT2D eigenvalue weighted by atomic mass is 9.96. The Bertz CT molecular complexity index is 5850. The fourth-order valence-electron chi connectivity index (χ4n) is 16.2. The Morgan fingerprint density at radius 3 is 1.30 bits per heavy atom. The third kappa shape index (κ3) is 36.8. The highest BCUT2D eigenvalue weighted by Gasteiger charge is 2.42. The van der Waals surface area contributed by atoms with Crippen molar-refractivity contribution in [3.8, 4) is 5.75 Å². The molecule has 0 unspecified atom stereocenters. The van der Waals surface area contributed by atoms with Crippen LogP contribution in [0.15, 0.2) is 171 Å². The Morgan fingerprint density at radius 1 is 0.463 bits per heavy atom. The number of carbonyl (C=O) groups excluding carboxylic acids is 16. The first-order chi connectivity index (χ1) is 70.1. The third-order valence-corrected chi connectivity index (χ3v) is 25.7. The Morgan fingerprint density at radius 2 is 0.850 bits per heavy atom. The third-order valence-electron chi connectivity index (χ3n) is 24.7. The van der Waals surface area contributed by atoms with Crippen molar-refractivity contribution >= 4 is 129 Å². The van der Waals surface area contributed by atoms with Gasteiger partial charge in [-0.1, -0.05) is 142 Å². The molecule has 790 valence electrons. The Hall–Kier alpha value is -15.8. The van der Waals surface area contributed by atoms with Gasteiger partial charge in [-0.05, 0) is 124 Å². The maximum Gasteiger partial charge on any atom is 0.245 e. The summed E-state index contributed by atoms with van der Waals surface area (Å²) < 4.78 is 3.11. The first-order valence-electron chi connectivity index (χ1n) is 48.5. The van der Waals surface area contributed by atoms with Gasteiger partial charge in [0.05, 0.1) is 31.1 Å². The van der Waals surface area contributed by atoms with E-state index in [0.29, 0.717) is 56.5 Å². The van der Waals surface area contributed by atoms with Crippen molar-refractivity contribution in [2.75, 3.05) is 37.7 Å². The van der Waals surface area contributed by atoms with Crippen molar-refractivity contribution in [3.63, 3.8) is 0 Å². The number of aromatic amines is 1. The number of primary amides is 1. The zero-order valence-electron chi connectivity index (χ0n) is 83.1. The SMILES string of the molecule is CC[C@H](C)[C@@H]1NC(=O)[C@H]([C@@H](C)O)NC(=O)[C@H](Cc2cncn2C)NC(=O)[C@H](Cc2ccccc2)NC(=O)CSC[C@@H](C(=O)NCC(N)=O)NC(=O)[C@H](Cc2ccccc2)NC(=O)[C@H](Cc2c[nH]c3ccccc23)NC(=O)[C@H](Cc2ccc(O)cc2)NC(=O)[C@H](Cc2cncn2C)NC(=O)[C@H](Cc2ccccc2)NC(=O)C(C)(C)NC(=O)[C@H](CCCNC(=N)N)NC(=O)[C@H](CCCCN)NC(=O)[C@H](CCCNC(=N)N)NC1=O. The molecule has 9 rings (SSSR count). The first-order valence-corrected chi connectivity index (χ1v) is 49.6. The number of rotatable bonds is 32. The number of nitrogens with one attached hydrogen (secondary N) is 20. The average molecular weight is 2050 g/mol. The number of nitrogens with two attached hydrogens (primary N) is 4. The molecule has 4 heterocycles. The number of aryl methyl sites for hydroxylation is 2. The molecular formula is C100H136N28O18S. The number of hydrogen-bond donors (Lipinski definition) is 26. The van der Waals surface area contributed by atoms with Gasteiger partial charge >= 0.3 is 0 Å². The molecule has 8 aromatic rings. The van der Waals surface area contributed by atoms with E-state index in [2.05, 4.69) is 105 Å². The van der Waals surface area contributed by atoms with E-state index in [9.17, 15) is 29.4 Å². The van der Waals surface area contributed by atoms with E-state index in [-0.39, 0.29) is 115 Å². The minimum absolute atomic E-state index is 0.0182. The van der Waals surface area contributed by atoms with E-state index in [1.807, 2.05) is 0 Å². The number of aromatic hydroxyl groups is 1. The second-order valence-electron chi connectivity index (χ2n) is 36.8. The predicted octanol–water partition coefficient (Wildman–Crippen LogP) is -3.03. The first kappa shape index (κ1) is 115. The second kappa shape index (κ2) is 57.0. The lowest BCUT2D eigenvalue weighted by Crippen LogP contribution is -2.64. The molecule has 147 heavy (non-hydrogen) atoms. The van der Waals surface area contributed by atoms with Crippen LogP contribution >= 0.6 is 11.8 Å². The fraction of sp³-hybridized carbons (Fsp3) is 0.440. The van der Waals surface area contributed by atoms with Crippen molar-refractivity contribution in [1.29, 1.82) is 10.8 Å². The number of hydrogen-bond acceptors (Lipinski definition) is 24. The number of amides is 16. The van der Waals surface area contributed by atoms with Crippen molar-refractivity contribution in [2.45, 2.75) is 221 Å². The Kier molecular flexibility index (Phi) is 44.5. The minimum Gasteiger partial charge on any atom is -0.508 e. The lowest BCUT2D eigenvalue weighted by Gasteiger charge is -2.31. The van der Waals surface area contributed by atoms with Gasteiger partial charge < -0.3 is 138 Å². The number of unbranched alkanes of at least 4 members (excludes halogenated alkanes) is 1. The number of benzene rings is 5. The molecule has 16 amide bonds. The zero-order chi connectivity index (χ0) is 107. The summed E-state index contributed by atoms with van der Waals surface area (Å²) in [6.07, 6.45) is 3.63. The molecule has 1 aliphatic rings. The van der Waals surface area contributed by atoms with Crippen LogP contribution in [-0.4, -0.2) is 269 Å². The number of phenolic OH excluding ortho intramolecular Hbond substituents is 1. The van der Waals surface area contributed by atoms with Crippen molar-refractivity contribution in [1.82, 2.24) is 114 Å². The summed E-state index contributed by atoms with van der Waals surface area (Å²) in [6.45, 7) is 6.45. The molecule has 30 N–H and O–H groups in total. The molecule has 0 aliphatic carbocycles. The van der Waals surface area contributed by atoms with Crippen LogP contribution in [0.3, 0.4) is 0 Å². The molecule has 0 saturated carbocycles. The number of aliphatic hydroxyl groups is 1. The number of aliphatic hydroxyl groups excluding tert-OH is 1. The number of imidazole rings is 2. The summed E-state index contributed by atoms with van der Waals surface area (Å²) >= 11 is 0.779. The van der Waals surface area contributed by atoms with E-state index in [4.69, 9.17) is 33.8 Å². The van der Waals surface area contributed by atoms with Crippen LogP contribution in [0.25, 0.3) is 10.9 Å². The number of carbonyl (C=O) groups is 16. The zero-order valence-corrected chi connectivity index (χ0v) is 83.9. The molecule has 0 bridgehead atoms. The summed E-state index contributed by atoms with van der Waals surface area (Å²) in [5.41, 5.74) is 24.5. The summed E-state index contributed by atoms with van der Waals surface area (Å²) in [6, 6.07) is 16.6. The highest BCUT2D eigenvalue weighted by atomic mass is 32.2. The fourth-order valence-corrected chi connectivity index (χ4v) is 17.0. The molecule has 0 radical (unpaired) electrons. The van der Waals surface area contributed by atoms with Crippen LogP contribution in [0.2, 0.25) is 0 Å². The van der Waals surface area contributed by atoms with Crippen LogP contribution in [0.1, 0.15) is 125 Å². The average Bonchev–Trinajstić information content (AvgIpc) is 1.67. The summed E-state index contributed by atoms with van der Waals surface area (Å²) in [4.78, 5) is 252. The number of nitrogens with zero attached hydrogens (tertiary/aromatic N) is 4. The van der Waals surface area contributed by atoms with E-state index in [1.165, 1.54) is 70.1 Å². The molecule has 5 aromatic carbocycles. The van der Waals surface area contributed by atoms with E-state index in [1.54, 1.807) is 159 Å². The molecule has 0 spiro atoms. The quantitative estimate of drug-likeness (QED) is 0.0113. The van der Waals surface area contributed by atoms with E-state index in [0.717, 1.165) is 11.8 Å². The molecule has 1 aliphatic heterocycles. The van der Waals surface area contributed by atoms with Gasteiger partial charge in [0.2, 0.25) is 94.5 Å². The van der Waals surface area contributed by atoms with Gasteiger partial charge in [-0.2, -0.15) is 0 Å². The van der Waals surface area contributed by atoms with Gasteiger partial charge in [0.25, 0.3) is 0 Å². The summed E-state index contributed by atoms with van der Waals surface area (Å²) in [7, 11) is 3.23. The number of aromatic nitrogens is 5. The van der Waals surface area contributed by atoms with Gasteiger partial charge in [-0.3, -0.25) is 87.5 Å². The van der Waals surface area contributed by atoms with Gasteiger partial charge in [-0.25, -0.2) is 9.97 Å². The molecule has 46 nitrogen and oxygen atoms in total. The molecule has 15 atom stereocenters. The monoisotopic (exact) mass is 2050 g/mol. The highest BCUT2D eigenvalue weighted by Crippen LogP contribution is 2.23. The topological polar surface area (TPSA) is 721 Å². The van der Waals surface area contributed by atoms with Gasteiger partial charge in [-0.15, -0.1) is 11.8 Å². The van der Waals surface area contributed by atoms with E-state index < -0.39 is 221 Å². The molecule has 1 fully saturated rings. The minimum atomic E-state index is -2.02. The molecular weight excluding hydrogens is 1910 g/mol.